The molecule has 0 spiro atoms. The van der Waals surface area contributed by atoms with Gasteiger partial charge in [0, 0.05) is 12.6 Å². The van der Waals surface area contributed by atoms with Crippen molar-refractivity contribution < 1.29 is 9.47 Å². The fourth-order valence-electron chi connectivity index (χ4n) is 2.83. The molecule has 1 aliphatic heterocycles. The number of aromatic nitrogens is 3. The van der Waals surface area contributed by atoms with Gasteiger partial charge in [0.2, 0.25) is 0 Å². The highest BCUT2D eigenvalue weighted by atomic mass is 16.6. The molecular formula is C18H19N3O2. The van der Waals surface area contributed by atoms with Crippen molar-refractivity contribution in [2.75, 3.05) is 6.61 Å². The van der Waals surface area contributed by atoms with Crippen LogP contribution in [0.4, 0.5) is 0 Å². The van der Waals surface area contributed by atoms with Gasteiger partial charge in [0.1, 0.15) is 18.5 Å². The van der Waals surface area contributed by atoms with Crippen LogP contribution >= 0.6 is 0 Å². The molecule has 1 N–H and O–H groups in total. The number of aryl methyl sites for hydroxylation is 2. The molecule has 4 rings (SSSR count). The van der Waals surface area contributed by atoms with Crippen LogP contribution in [0, 0.1) is 0 Å². The molecule has 0 saturated heterocycles. The van der Waals surface area contributed by atoms with Crippen molar-refractivity contribution in [1.82, 2.24) is 15.0 Å². The van der Waals surface area contributed by atoms with E-state index in [9.17, 15) is 0 Å². The molecule has 2 aromatic heterocycles. The summed E-state index contributed by atoms with van der Waals surface area (Å²) in [5.41, 5.74) is 2.98. The lowest BCUT2D eigenvalue weighted by Gasteiger charge is -2.26. The number of imidazole rings is 1. The Balaban J connectivity index is 1.43. The number of rotatable bonds is 4. The number of pyridine rings is 1. The van der Waals surface area contributed by atoms with Crippen molar-refractivity contribution in [3.05, 3.63) is 47.9 Å². The Morgan fingerprint density at radius 2 is 2.13 bits per heavy atom. The van der Waals surface area contributed by atoms with Crippen molar-refractivity contribution in [1.29, 1.82) is 0 Å². The Kier molecular flexibility index (Phi) is 3.61. The Labute approximate surface area is 134 Å². The van der Waals surface area contributed by atoms with Gasteiger partial charge >= 0.3 is 0 Å². The molecule has 3 aromatic rings. The molecule has 5 nitrogen and oxygen atoms in total. The van der Waals surface area contributed by atoms with Gasteiger partial charge in [-0.1, -0.05) is 19.1 Å². The molecule has 0 unspecified atom stereocenters. The number of aromatic amines is 1. The Morgan fingerprint density at radius 3 is 3.00 bits per heavy atom. The highest BCUT2D eigenvalue weighted by Gasteiger charge is 2.20. The van der Waals surface area contributed by atoms with Crippen LogP contribution in [0.25, 0.3) is 11.2 Å². The summed E-state index contributed by atoms with van der Waals surface area (Å²) >= 11 is 0. The van der Waals surface area contributed by atoms with Crippen molar-refractivity contribution >= 4 is 11.2 Å². The molecule has 23 heavy (non-hydrogen) atoms. The summed E-state index contributed by atoms with van der Waals surface area (Å²) in [5, 5.41) is 0. The lowest BCUT2D eigenvalue weighted by atomic mass is 10.1. The summed E-state index contributed by atoms with van der Waals surface area (Å²) in [5.74, 6) is 2.64. The van der Waals surface area contributed by atoms with Crippen LogP contribution in [0.2, 0.25) is 0 Å². The van der Waals surface area contributed by atoms with Gasteiger partial charge in [-0.3, -0.25) is 0 Å². The normalized spacial score (nSPS) is 16.7. The number of benzene rings is 1. The molecule has 1 aliphatic rings. The van der Waals surface area contributed by atoms with E-state index < -0.39 is 0 Å². The van der Waals surface area contributed by atoms with Crippen LogP contribution in [0.15, 0.2) is 36.5 Å². The zero-order valence-electron chi connectivity index (χ0n) is 13.1. The number of ether oxygens (including phenoxy) is 2. The highest BCUT2D eigenvalue weighted by Crippen LogP contribution is 2.31. The summed E-state index contributed by atoms with van der Waals surface area (Å²) in [6.45, 7) is 2.67. The average molecular weight is 309 g/mol. The molecule has 0 bridgehead atoms. The number of hydrogen-bond donors (Lipinski definition) is 1. The largest absolute Gasteiger partial charge is 0.486 e. The zero-order chi connectivity index (χ0) is 15.6. The number of fused-ring (bicyclic) bond motifs is 2. The second-order valence-corrected chi connectivity index (χ2v) is 5.79. The van der Waals surface area contributed by atoms with Gasteiger partial charge in [-0.05, 0) is 36.6 Å². The van der Waals surface area contributed by atoms with Gasteiger partial charge in [-0.25, -0.2) is 9.97 Å². The molecule has 5 heteroatoms. The molecule has 0 amide bonds. The standard InChI is InChI=1S/C18H19N3O2/c1-2-17-20-14-9-12(10-19-18(14)21-17)7-8-13-11-22-15-5-3-4-6-16(15)23-13/h3-6,9-10,13H,2,7-8,11H2,1H3,(H,19,20,21)/t13-/m1/s1. The Bertz CT molecular complexity index is 828. The first-order valence-corrected chi connectivity index (χ1v) is 8.04. The SMILES string of the molecule is CCc1nc2ncc(CC[C@@H]3COc4ccccc4O3)cc2[nH]1. The van der Waals surface area contributed by atoms with Crippen LogP contribution in [0.5, 0.6) is 11.5 Å². The van der Waals surface area contributed by atoms with Gasteiger partial charge < -0.3 is 14.5 Å². The first kappa shape index (κ1) is 14.1. The molecular weight excluding hydrogens is 290 g/mol. The number of nitrogens with zero attached hydrogens (tertiary/aromatic N) is 2. The predicted molar refractivity (Wildman–Crippen MR) is 87.9 cm³/mol. The van der Waals surface area contributed by atoms with E-state index >= 15 is 0 Å². The van der Waals surface area contributed by atoms with Crippen LogP contribution < -0.4 is 9.47 Å². The van der Waals surface area contributed by atoms with E-state index in [1.54, 1.807) is 0 Å². The lowest BCUT2D eigenvalue weighted by molar-refractivity contribution is 0.0851. The van der Waals surface area contributed by atoms with E-state index in [0.29, 0.717) is 6.61 Å². The summed E-state index contributed by atoms with van der Waals surface area (Å²) < 4.78 is 11.8. The van der Waals surface area contributed by atoms with Crippen molar-refractivity contribution in [3.63, 3.8) is 0 Å². The summed E-state index contributed by atoms with van der Waals surface area (Å²) in [4.78, 5) is 12.2. The quantitative estimate of drug-likeness (QED) is 0.803. The molecule has 1 aromatic carbocycles. The summed E-state index contributed by atoms with van der Waals surface area (Å²) in [7, 11) is 0. The predicted octanol–water partition coefficient (Wildman–Crippen LogP) is 3.29. The molecule has 1 atom stereocenters. The maximum absolute atomic E-state index is 6.00. The Hall–Kier alpha value is -2.56. The van der Waals surface area contributed by atoms with Crippen molar-refractivity contribution in [3.8, 4) is 11.5 Å². The zero-order valence-corrected chi connectivity index (χ0v) is 13.1. The summed E-state index contributed by atoms with van der Waals surface area (Å²) in [6, 6.07) is 9.94. The molecule has 3 heterocycles. The monoisotopic (exact) mass is 309 g/mol. The van der Waals surface area contributed by atoms with Crippen molar-refractivity contribution in [2.24, 2.45) is 0 Å². The number of nitrogens with one attached hydrogen (secondary N) is 1. The van der Waals surface area contributed by atoms with Gasteiger partial charge in [0.05, 0.1) is 5.52 Å². The maximum Gasteiger partial charge on any atom is 0.177 e. The summed E-state index contributed by atoms with van der Waals surface area (Å²) in [6.07, 6.45) is 4.67. The Morgan fingerprint density at radius 1 is 1.26 bits per heavy atom. The number of hydrogen-bond acceptors (Lipinski definition) is 4. The van der Waals surface area contributed by atoms with Crippen LogP contribution in [0.3, 0.4) is 0 Å². The number of para-hydroxylation sites is 2. The lowest BCUT2D eigenvalue weighted by Crippen LogP contribution is -2.29. The average Bonchev–Trinajstić information content (AvgIpc) is 3.02. The third-order valence-electron chi connectivity index (χ3n) is 4.10. The van der Waals surface area contributed by atoms with E-state index in [1.807, 2.05) is 30.5 Å². The molecule has 0 saturated carbocycles. The van der Waals surface area contributed by atoms with E-state index in [0.717, 1.165) is 47.7 Å². The fourth-order valence-corrected chi connectivity index (χ4v) is 2.83. The van der Waals surface area contributed by atoms with Gasteiger partial charge in [0.15, 0.2) is 17.1 Å². The van der Waals surface area contributed by atoms with E-state index in [2.05, 4.69) is 27.9 Å². The molecule has 0 aliphatic carbocycles. The first-order chi connectivity index (χ1) is 11.3. The van der Waals surface area contributed by atoms with E-state index in [4.69, 9.17) is 9.47 Å². The second-order valence-electron chi connectivity index (χ2n) is 5.79. The molecule has 118 valence electrons. The minimum atomic E-state index is 0.0774. The second kappa shape index (κ2) is 5.91. The first-order valence-electron chi connectivity index (χ1n) is 8.04. The topological polar surface area (TPSA) is 60.0 Å². The number of H-pyrrole nitrogens is 1. The minimum absolute atomic E-state index is 0.0774. The fraction of sp³-hybridized carbons (Fsp3) is 0.333. The third kappa shape index (κ3) is 2.86. The van der Waals surface area contributed by atoms with Crippen LogP contribution in [0.1, 0.15) is 24.7 Å². The van der Waals surface area contributed by atoms with Crippen LogP contribution in [-0.2, 0) is 12.8 Å². The van der Waals surface area contributed by atoms with Crippen molar-refractivity contribution in [2.45, 2.75) is 32.3 Å². The van der Waals surface area contributed by atoms with E-state index in [-0.39, 0.29) is 6.10 Å². The van der Waals surface area contributed by atoms with Crippen LogP contribution in [-0.4, -0.2) is 27.7 Å². The maximum atomic E-state index is 6.00. The third-order valence-corrected chi connectivity index (χ3v) is 4.10. The van der Waals surface area contributed by atoms with Gasteiger partial charge in [0.25, 0.3) is 0 Å². The van der Waals surface area contributed by atoms with Gasteiger partial charge in [-0.15, -0.1) is 0 Å². The van der Waals surface area contributed by atoms with E-state index in [1.165, 1.54) is 5.56 Å². The van der Waals surface area contributed by atoms with Gasteiger partial charge in [-0.2, -0.15) is 0 Å². The highest BCUT2D eigenvalue weighted by molar-refractivity contribution is 5.71. The molecule has 0 radical (unpaired) electrons. The minimum Gasteiger partial charge on any atom is -0.486 e. The molecule has 0 fully saturated rings. The smallest absolute Gasteiger partial charge is 0.177 e.